The summed E-state index contributed by atoms with van der Waals surface area (Å²) >= 11 is 0. The van der Waals surface area contributed by atoms with Crippen LogP contribution in [0.15, 0.2) is 48.5 Å². The number of aryl methyl sites for hydroxylation is 1. The predicted octanol–water partition coefficient (Wildman–Crippen LogP) is 3.68. The molecular weight excluding hydrogens is 317 g/mol. The van der Waals surface area contributed by atoms with E-state index in [4.69, 9.17) is 5.73 Å². The molecule has 0 aromatic heterocycles. The van der Waals surface area contributed by atoms with Gasteiger partial charge in [0.15, 0.2) is 0 Å². The van der Waals surface area contributed by atoms with Gasteiger partial charge in [-0.3, -0.25) is 4.79 Å². The third-order valence-electron chi connectivity index (χ3n) is 4.32. The Morgan fingerprint density at radius 2 is 1.79 bits per heavy atom. The smallest absolute Gasteiger partial charge is 0.318 e. The summed E-state index contributed by atoms with van der Waals surface area (Å²) < 4.78 is 38.7. The lowest BCUT2D eigenvalue weighted by atomic mass is 9.87. The molecule has 0 unspecified atom stereocenters. The van der Waals surface area contributed by atoms with Crippen LogP contribution in [0.4, 0.5) is 18.9 Å². The molecule has 0 radical (unpaired) electrons. The molecule has 1 amide bonds. The highest BCUT2D eigenvalue weighted by atomic mass is 19.4. The molecule has 1 saturated heterocycles. The summed E-state index contributed by atoms with van der Waals surface area (Å²) in [6.45, 7) is 2.03. The number of carbonyl (C=O) groups is 1. The predicted molar refractivity (Wildman–Crippen MR) is 85.5 cm³/mol. The van der Waals surface area contributed by atoms with Crippen molar-refractivity contribution in [1.29, 1.82) is 0 Å². The zero-order valence-corrected chi connectivity index (χ0v) is 13.0. The Hall–Kier alpha value is -2.34. The van der Waals surface area contributed by atoms with Crippen molar-refractivity contribution in [2.24, 2.45) is 5.73 Å². The third-order valence-corrected chi connectivity index (χ3v) is 4.32. The van der Waals surface area contributed by atoms with Crippen molar-refractivity contribution in [2.75, 3.05) is 4.90 Å². The van der Waals surface area contributed by atoms with Crippen LogP contribution in [0.1, 0.15) is 29.7 Å². The van der Waals surface area contributed by atoms with Gasteiger partial charge in [-0.05, 0) is 35.7 Å². The van der Waals surface area contributed by atoms with E-state index in [1.165, 1.54) is 17.0 Å². The minimum Gasteiger partial charge on any atom is -0.318 e. The second-order valence-electron chi connectivity index (χ2n) is 5.82. The van der Waals surface area contributed by atoms with Crippen LogP contribution in [0.5, 0.6) is 0 Å². The average molecular weight is 334 g/mol. The SMILES string of the molecule is CCc1ccc([C@@H]2[C@@H](N)C(=O)N2c2cccc(C(F)(F)F)c2)cc1. The van der Waals surface area contributed by atoms with E-state index in [0.717, 1.165) is 29.7 Å². The highest BCUT2D eigenvalue weighted by Gasteiger charge is 2.47. The minimum atomic E-state index is -4.45. The quantitative estimate of drug-likeness (QED) is 0.871. The number of halogens is 3. The fourth-order valence-electron chi connectivity index (χ4n) is 2.94. The van der Waals surface area contributed by atoms with Crippen molar-refractivity contribution in [1.82, 2.24) is 0 Å². The first-order valence-electron chi connectivity index (χ1n) is 7.67. The van der Waals surface area contributed by atoms with E-state index in [1.807, 2.05) is 31.2 Å². The molecule has 0 bridgehead atoms. The number of hydrogen-bond acceptors (Lipinski definition) is 2. The van der Waals surface area contributed by atoms with Crippen molar-refractivity contribution in [3.05, 3.63) is 65.2 Å². The largest absolute Gasteiger partial charge is 0.416 e. The average Bonchev–Trinajstić information content (AvgIpc) is 2.58. The number of alkyl halides is 3. The van der Waals surface area contributed by atoms with Gasteiger partial charge in [0.1, 0.15) is 6.04 Å². The van der Waals surface area contributed by atoms with E-state index in [2.05, 4.69) is 0 Å². The lowest BCUT2D eigenvalue weighted by Gasteiger charge is -2.45. The summed E-state index contributed by atoms with van der Waals surface area (Å²) in [7, 11) is 0. The van der Waals surface area contributed by atoms with Crippen LogP contribution in [-0.2, 0) is 17.4 Å². The molecule has 1 fully saturated rings. The van der Waals surface area contributed by atoms with Crippen molar-refractivity contribution in [3.8, 4) is 0 Å². The van der Waals surface area contributed by atoms with E-state index >= 15 is 0 Å². The maximum atomic E-state index is 12.9. The lowest BCUT2D eigenvalue weighted by Crippen LogP contribution is -2.63. The molecule has 0 aliphatic carbocycles. The van der Waals surface area contributed by atoms with Crippen LogP contribution in [-0.4, -0.2) is 11.9 Å². The molecular formula is C18H17F3N2O. The third kappa shape index (κ3) is 2.78. The Morgan fingerprint density at radius 3 is 2.38 bits per heavy atom. The highest BCUT2D eigenvalue weighted by Crippen LogP contribution is 2.40. The Kier molecular flexibility index (Phi) is 4.09. The fraction of sp³-hybridized carbons (Fsp3) is 0.278. The summed E-state index contributed by atoms with van der Waals surface area (Å²) in [6.07, 6.45) is -3.57. The second kappa shape index (κ2) is 5.94. The summed E-state index contributed by atoms with van der Waals surface area (Å²) in [6, 6.07) is 11.2. The van der Waals surface area contributed by atoms with Crippen molar-refractivity contribution >= 4 is 11.6 Å². The molecule has 3 rings (SSSR count). The van der Waals surface area contributed by atoms with E-state index in [9.17, 15) is 18.0 Å². The van der Waals surface area contributed by atoms with Gasteiger partial charge in [0, 0.05) is 5.69 Å². The first-order valence-corrected chi connectivity index (χ1v) is 7.67. The summed E-state index contributed by atoms with van der Waals surface area (Å²) in [5.41, 5.74) is 7.29. The Morgan fingerprint density at radius 1 is 1.12 bits per heavy atom. The van der Waals surface area contributed by atoms with Gasteiger partial charge in [-0.25, -0.2) is 0 Å². The van der Waals surface area contributed by atoms with Crippen LogP contribution in [0.25, 0.3) is 0 Å². The molecule has 3 nitrogen and oxygen atoms in total. The van der Waals surface area contributed by atoms with Crippen molar-refractivity contribution in [2.45, 2.75) is 31.6 Å². The van der Waals surface area contributed by atoms with Gasteiger partial charge in [0.2, 0.25) is 5.91 Å². The topological polar surface area (TPSA) is 46.3 Å². The maximum Gasteiger partial charge on any atom is 0.416 e. The first-order chi connectivity index (χ1) is 11.3. The maximum absolute atomic E-state index is 12.9. The van der Waals surface area contributed by atoms with E-state index in [0.29, 0.717) is 0 Å². The molecule has 0 spiro atoms. The van der Waals surface area contributed by atoms with Crippen LogP contribution in [0.3, 0.4) is 0 Å². The molecule has 24 heavy (non-hydrogen) atoms. The number of amides is 1. The molecule has 2 N–H and O–H groups in total. The van der Waals surface area contributed by atoms with Gasteiger partial charge in [0.05, 0.1) is 11.6 Å². The van der Waals surface area contributed by atoms with Gasteiger partial charge in [-0.1, -0.05) is 37.3 Å². The second-order valence-corrected chi connectivity index (χ2v) is 5.82. The molecule has 1 aliphatic heterocycles. The summed E-state index contributed by atoms with van der Waals surface area (Å²) in [5.74, 6) is -0.376. The number of anilines is 1. The number of nitrogens with two attached hydrogens (primary N) is 1. The molecule has 2 aromatic rings. The van der Waals surface area contributed by atoms with Crippen molar-refractivity contribution in [3.63, 3.8) is 0 Å². The van der Waals surface area contributed by atoms with E-state index in [1.54, 1.807) is 0 Å². The monoisotopic (exact) mass is 334 g/mol. The number of β-lactam (4-membered cyclic amide) rings is 1. The highest BCUT2D eigenvalue weighted by molar-refractivity contribution is 6.05. The number of carbonyl (C=O) groups excluding carboxylic acids is 1. The molecule has 126 valence electrons. The number of hydrogen-bond donors (Lipinski definition) is 1. The fourth-order valence-corrected chi connectivity index (χ4v) is 2.94. The van der Waals surface area contributed by atoms with Gasteiger partial charge < -0.3 is 10.6 Å². The molecule has 1 heterocycles. The summed E-state index contributed by atoms with van der Waals surface area (Å²) in [4.78, 5) is 13.5. The normalized spacial score (nSPS) is 20.9. The van der Waals surface area contributed by atoms with Crippen LogP contribution < -0.4 is 10.6 Å². The van der Waals surface area contributed by atoms with Crippen LogP contribution in [0.2, 0.25) is 0 Å². The molecule has 0 saturated carbocycles. The van der Waals surface area contributed by atoms with Gasteiger partial charge >= 0.3 is 6.18 Å². The van der Waals surface area contributed by atoms with Gasteiger partial charge in [-0.15, -0.1) is 0 Å². The van der Waals surface area contributed by atoms with E-state index < -0.39 is 23.8 Å². The Bertz CT molecular complexity index is 756. The lowest BCUT2D eigenvalue weighted by molar-refractivity contribution is -0.137. The van der Waals surface area contributed by atoms with E-state index in [-0.39, 0.29) is 11.6 Å². The molecule has 1 aliphatic rings. The minimum absolute atomic E-state index is 0.209. The van der Waals surface area contributed by atoms with Gasteiger partial charge in [-0.2, -0.15) is 13.2 Å². The zero-order valence-electron chi connectivity index (χ0n) is 13.0. The number of rotatable bonds is 3. The molecule has 6 heteroatoms. The standard InChI is InChI=1S/C18H17F3N2O/c1-2-11-6-8-12(9-7-11)16-15(22)17(24)23(16)14-5-3-4-13(10-14)18(19,20)21/h3-10,15-16H,2,22H2,1H3/t15-,16-/m1/s1. The van der Waals surface area contributed by atoms with Crippen LogP contribution in [0, 0.1) is 0 Å². The molecule has 2 atom stereocenters. The number of nitrogens with zero attached hydrogens (tertiary/aromatic N) is 1. The number of benzene rings is 2. The first kappa shape index (κ1) is 16.5. The Labute approximate surface area is 137 Å². The molecule has 2 aromatic carbocycles. The Balaban J connectivity index is 1.95. The van der Waals surface area contributed by atoms with Crippen molar-refractivity contribution < 1.29 is 18.0 Å². The van der Waals surface area contributed by atoms with Gasteiger partial charge in [0.25, 0.3) is 0 Å². The zero-order chi connectivity index (χ0) is 17.5. The summed E-state index contributed by atoms with van der Waals surface area (Å²) in [5, 5.41) is 0. The van der Waals surface area contributed by atoms with Crippen LogP contribution >= 0.6 is 0 Å².